The number of amidine groups is 5. The maximum Gasteiger partial charge on any atom is 0.138 e. The Bertz CT molecular complexity index is 5290. The fourth-order valence-electron chi connectivity index (χ4n) is 17.6. The van der Waals surface area contributed by atoms with Crippen LogP contribution < -0.4 is 38.9 Å². The summed E-state index contributed by atoms with van der Waals surface area (Å²) in [5, 5.41) is 63.9. The van der Waals surface area contributed by atoms with Crippen LogP contribution in [0.4, 0.5) is 69.2 Å². The molecule has 0 unspecified atom stereocenters. The normalized spacial score (nSPS) is 14.9. The summed E-state index contributed by atoms with van der Waals surface area (Å²) < 4.78 is 118. The Labute approximate surface area is 868 Å². The minimum Gasteiger partial charge on any atom is -0.508 e. The van der Waals surface area contributed by atoms with E-state index >= 15 is 0 Å². The number of aryl methyl sites for hydroxylation is 4. The number of nitrogens with one attached hydrogen (secondary N) is 7. The van der Waals surface area contributed by atoms with E-state index in [0.717, 1.165) is 249 Å². The van der Waals surface area contributed by atoms with Crippen molar-refractivity contribution in [2.75, 3.05) is 253 Å². The van der Waals surface area contributed by atoms with E-state index in [1.54, 1.807) is 44.2 Å². The van der Waals surface area contributed by atoms with Crippen LogP contribution in [0.3, 0.4) is 0 Å². The van der Waals surface area contributed by atoms with E-state index in [1.807, 2.05) is 142 Å². The molecule has 145 heavy (non-hydrogen) atoms. The number of halogens is 10. The number of piperazine rings is 6. The molecule has 0 spiro atoms. The minimum absolute atomic E-state index is 0.0242. The molecular weight excluding hydrogens is 1940 g/mol. The quantitative estimate of drug-likeness (QED) is 0.00641. The number of aromatic hydroxyl groups is 1. The molecule has 24 nitrogen and oxygen atoms in total. The van der Waals surface area contributed by atoms with Gasteiger partial charge in [0.25, 0.3) is 0 Å². The summed E-state index contributed by atoms with van der Waals surface area (Å²) in [7, 11) is 2.34. The summed E-state index contributed by atoms with van der Waals surface area (Å²) in [6.45, 7) is 37.3. The highest BCUT2D eigenvalue weighted by molar-refractivity contribution is 9.10. The van der Waals surface area contributed by atoms with E-state index in [-0.39, 0.29) is 43.9 Å². The topological polar surface area (TPSA) is 255 Å². The number of quaternary nitrogens is 1. The van der Waals surface area contributed by atoms with Gasteiger partial charge in [-0.3, -0.25) is 31.4 Å². The first kappa shape index (κ1) is 119. The molecule has 8 aromatic carbocycles. The van der Waals surface area contributed by atoms with Crippen molar-refractivity contribution in [2.45, 2.75) is 133 Å². The number of nitrogens with zero attached hydrogens (tertiary/aromatic N) is 13. The van der Waals surface area contributed by atoms with Gasteiger partial charge < -0.3 is 93.1 Å². The van der Waals surface area contributed by atoms with Gasteiger partial charge in [-0.15, -0.1) is 0 Å². The summed E-state index contributed by atoms with van der Waals surface area (Å²) in [4.78, 5) is 24.1. The van der Waals surface area contributed by atoms with Gasteiger partial charge in [0.1, 0.15) is 75.5 Å². The Morgan fingerprint density at radius 2 is 0.800 bits per heavy atom. The second-order valence-electron chi connectivity index (χ2n) is 37.2. The lowest BCUT2D eigenvalue weighted by atomic mass is 10.1. The van der Waals surface area contributed by atoms with Gasteiger partial charge in [-0.25, -0.2) is 30.7 Å². The molecule has 0 saturated carbocycles. The van der Waals surface area contributed by atoms with Gasteiger partial charge in [0, 0.05) is 194 Å². The molecule has 7 heterocycles. The molecule has 9 aromatic rings. The third-order valence-corrected chi connectivity index (χ3v) is 27.0. The van der Waals surface area contributed by atoms with E-state index in [4.69, 9.17) is 63.7 Å². The number of fused-ring (bicyclic) bond motifs is 1. The van der Waals surface area contributed by atoms with Crippen LogP contribution in [0.5, 0.6) is 17.2 Å². The molecular formula is C111H155BrClF8N20O4+. The van der Waals surface area contributed by atoms with Crippen molar-refractivity contribution < 1.29 is 58.9 Å². The van der Waals surface area contributed by atoms with Gasteiger partial charge in [0.15, 0.2) is 0 Å². The van der Waals surface area contributed by atoms with Crippen molar-refractivity contribution in [3.8, 4) is 17.2 Å². The zero-order chi connectivity index (χ0) is 105. The van der Waals surface area contributed by atoms with Crippen LogP contribution in [0.2, 0.25) is 5.02 Å². The summed E-state index contributed by atoms with van der Waals surface area (Å²) in [6, 6.07) is 54.4. The molecule has 6 saturated heterocycles. The fourth-order valence-corrected chi connectivity index (χ4v) is 18.4. The molecule has 0 amide bonds. The van der Waals surface area contributed by atoms with Gasteiger partial charge in [0.2, 0.25) is 0 Å². The number of hydrogen-bond donors (Lipinski definition) is 8. The van der Waals surface area contributed by atoms with Crippen molar-refractivity contribution in [1.29, 1.82) is 37.9 Å². The first-order chi connectivity index (χ1) is 69.8. The highest BCUT2D eigenvalue weighted by atomic mass is 79.9. The molecule has 6 aliphatic heterocycles. The molecule has 0 bridgehead atoms. The average molecular weight is 2100 g/mol. The average Bonchev–Trinajstić information content (AvgIpc) is 1.61. The number of rotatable bonds is 32. The maximum absolute atomic E-state index is 12.9. The highest BCUT2D eigenvalue weighted by Gasteiger charge is 2.29. The zero-order valence-electron chi connectivity index (χ0n) is 86.4. The Balaban J connectivity index is 0.000000203. The molecule has 0 atom stereocenters. The van der Waals surface area contributed by atoms with E-state index in [0.29, 0.717) is 76.7 Å². The highest BCUT2D eigenvalue weighted by Crippen LogP contribution is 2.33. The summed E-state index contributed by atoms with van der Waals surface area (Å²) in [5.74, 6) is 4.22. The lowest BCUT2D eigenvalue weighted by Crippen LogP contribution is -2.57. The lowest BCUT2D eigenvalue weighted by molar-refractivity contribution is -0.910. The van der Waals surface area contributed by atoms with Crippen LogP contribution in [-0.2, 0) is 43.8 Å². The molecule has 6 fully saturated rings. The summed E-state index contributed by atoms with van der Waals surface area (Å²) in [6.07, 6.45) is 9.87. The molecule has 0 aliphatic carbocycles. The smallest absolute Gasteiger partial charge is 0.138 e. The van der Waals surface area contributed by atoms with Crippen LogP contribution in [-0.4, -0.2) is 303 Å². The third kappa shape index (κ3) is 41.3. The number of likely N-dealkylation sites (N-methyl/N-ethyl adjacent to an activating group) is 1. The third-order valence-electron chi connectivity index (χ3n) is 26.1. The number of aromatic nitrogens is 1. The molecule has 6 aliphatic rings. The summed E-state index contributed by atoms with van der Waals surface area (Å²) in [5.41, 5.74) is 14.4. The Morgan fingerprint density at radius 3 is 1.21 bits per heavy atom. The van der Waals surface area contributed by atoms with E-state index < -0.39 is 33.4 Å². The molecule has 0 radical (unpaired) electrons. The summed E-state index contributed by atoms with van der Waals surface area (Å²) >= 11 is 9.53. The number of benzene rings is 8. The molecule has 1 aromatic heterocycles. The predicted octanol–water partition coefficient (Wildman–Crippen LogP) is 22.4. The van der Waals surface area contributed by atoms with Crippen molar-refractivity contribution in [2.24, 2.45) is 0 Å². The maximum atomic E-state index is 12.9. The zero-order valence-corrected chi connectivity index (χ0v) is 88.7. The van der Waals surface area contributed by atoms with Crippen molar-refractivity contribution in [1.82, 2.24) is 29.1 Å². The first-order valence-electron chi connectivity index (χ1n) is 50.5. The molecule has 792 valence electrons. The van der Waals surface area contributed by atoms with Gasteiger partial charge >= 0.3 is 0 Å². The number of alkyl halides is 6. The van der Waals surface area contributed by atoms with Gasteiger partial charge in [-0.1, -0.05) is 61.0 Å². The largest absolute Gasteiger partial charge is 0.508 e. The predicted molar refractivity (Wildman–Crippen MR) is 587 cm³/mol. The number of ether oxygens (including phenoxy) is 3. The second-order valence-corrected chi connectivity index (χ2v) is 38.4. The van der Waals surface area contributed by atoms with Crippen molar-refractivity contribution in [3.05, 3.63) is 231 Å². The van der Waals surface area contributed by atoms with E-state index in [2.05, 4.69) is 120 Å². The fraction of sp³-hybridized carbons (Fsp3) is 0.486. The Hall–Kier alpha value is -11.7. The van der Waals surface area contributed by atoms with Gasteiger partial charge in [-0.2, -0.15) is 0 Å². The van der Waals surface area contributed by atoms with Crippen molar-refractivity contribution in [3.63, 3.8) is 0 Å². The van der Waals surface area contributed by atoms with E-state index in [9.17, 15) is 40.2 Å². The number of phenols is 1. The van der Waals surface area contributed by atoms with Crippen LogP contribution in [0.1, 0.15) is 122 Å². The SMILES string of the molecule is CC(=N)CCCc1cn(CCF)c2ccc(O)cc12.CC(=N)CCc1ccc(OCCF)c(Br)c1.CC(=N)N1CCN(c2ccc(CCCCF)cc2)CC1.CC(=N)N1CCN(c2ccc(COCCF)cc2)CC1.CC(=N)N1CCN(c2ccc(F)cc2)CC1.CC(=N)N1CCN(c2ccc(OCCF)c(Cl)c2)CC1.CC(=N)N1CCN(c2cccc(CF)c2)CC1.CCC[N+]1(C)CCN(c2ccc(F)cc2)CC1. The molecule has 8 N–H and O–H groups in total. The van der Waals surface area contributed by atoms with Gasteiger partial charge in [-0.05, 0) is 283 Å². The first-order valence-corrected chi connectivity index (χ1v) is 51.7. The van der Waals surface area contributed by atoms with E-state index in [1.165, 1.54) is 59.6 Å². The minimum atomic E-state index is -0.525. The monoisotopic (exact) mass is 2100 g/mol. The van der Waals surface area contributed by atoms with Crippen molar-refractivity contribution >= 4 is 113 Å². The second kappa shape index (κ2) is 63.7. The number of hydrogen-bond acceptors (Lipinski definition) is 17. The number of phenolic OH excluding ortho intramolecular Hbond substituents is 1. The van der Waals surface area contributed by atoms with Crippen LogP contribution >= 0.6 is 27.5 Å². The lowest BCUT2D eigenvalue weighted by Gasteiger charge is -2.42. The van der Waals surface area contributed by atoms with Crippen LogP contribution in [0.15, 0.2) is 187 Å². The van der Waals surface area contributed by atoms with Gasteiger partial charge in [0.05, 0.1) is 105 Å². The Kier molecular flexibility index (Phi) is 52.1. The standard InChI is InChI=1S/C16H24FN3.C15H22FN3O.C15H19FN2O.C14H19ClFN3O.C14H22FN2.C13H18FN3.C12H15BrFNO.C12H16FN3/c1-14(18)19-10-12-20(13-11-19)16-7-5-15(6-8-16)4-2-3-9-17;1-13(17)18-7-9-19(10-8-18)15-4-2-14(3-5-15)12-20-11-6-16;1-11(17)3-2-4-12-10-18(8-7-16)15-6-5-13(19)9-14(12)15;1-11(17)18-5-7-19(8-6-18)12-2-3-14(13(15)10-12)20-9-4-16;1-3-10-17(2)11-8-16(9-12-17)14-6-4-13(15)5-7-14;1-11(15)16-5-7-17(8-6-16)13-4-2-3-12(9-13)10-14;1-9(15)2-3-10-4-5-12(11(13)8-10)16-7-6-14;1-10(14)15-6-8-16(9-7-15)12-4-2-11(13)3-5-12/h5-8,18H,2-4,9-13H2,1H3;2-5,17H,6-12H2,1H3;5-6,9-10,17,19H,2-4,7-8H2,1H3;2-3,10,17H,4-9H2,1H3;4-7H,3,8-12H2,1-2H3;2-4,9,15H,5-8,10H2,1H3;4-5,8,15H,2-3,6-7H2,1H3;2-5,14H,6-9H2,1H3/q;;;;+1;;;. The Morgan fingerprint density at radius 1 is 0.393 bits per heavy atom. The van der Waals surface area contributed by atoms with Crippen LogP contribution in [0, 0.1) is 49.5 Å². The molecule has 15 rings (SSSR count). The van der Waals surface area contributed by atoms with Crippen LogP contribution in [0.25, 0.3) is 10.9 Å². The molecule has 34 heteroatoms. The number of anilines is 6. The number of unbranched alkanes of at least 4 members (excludes halogenated alkanes) is 1.